The molecule has 0 spiro atoms. The molecule has 2 aromatic heterocycles. The lowest BCUT2D eigenvalue weighted by Gasteiger charge is -2.25. The molecule has 41 heavy (non-hydrogen) atoms. The van der Waals surface area contributed by atoms with Crippen molar-refractivity contribution in [3.05, 3.63) is 74.5 Å². The first-order valence-corrected chi connectivity index (χ1v) is 14.7. The van der Waals surface area contributed by atoms with Gasteiger partial charge in [0.2, 0.25) is 5.89 Å². The maximum Gasteiger partial charge on any atom is 0.271 e. The van der Waals surface area contributed by atoms with E-state index in [2.05, 4.69) is 49.4 Å². The van der Waals surface area contributed by atoms with E-state index in [9.17, 15) is 15.2 Å². The van der Waals surface area contributed by atoms with Crippen LogP contribution in [0.2, 0.25) is 0 Å². The average molecular weight is 608 g/mol. The normalized spacial score (nSPS) is 16.2. The number of nitrogens with zero attached hydrogens (tertiary/aromatic N) is 5. The number of aromatic nitrogens is 1. The molecule has 0 bridgehead atoms. The fourth-order valence-corrected chi connectivity index (χ4v) is 6.05. The molecule has 0 saturated carbocycles. The Morgan fingerprint density at radius 3 is 2.76 bits per heavy atom. The first-order chi connectivity index (χ1) is 19.9. The van der Waals surface area contributed by atoms with Gasteiger partial charge in [0.25, 0.3) is 5.69 Å². The molecular formula is C28H25N5O5S3. The third-order valence-electron chi connectivity index (χ3n) is 6.16. The predicted octanol–water partition coefficient (Wildman–Crippen LogP) is 7.49. The van der Waals surface area contributed by atoms with Crippen molar-refractivity contribution in [1.82, 2.24) is 9.88 Å². The number of fused-ring (bicyclic) bond motifs is 1. The number of allylic oxidation sites excluding steroid dienone is 2. The van der Waals surface area contributed by atoms with E-state index in [0.717, 1.165) is 64.5 Å². The molecule has 210 valence electrons. The van der Waals surface area contributed by atoms with Crippen LogP contribution in [-0.2, 0) is 11.3 Å². The van der Waals surface area contributed by atoms with Crippen LogP contribution in [0.4, 0.5) is 17.1 Å². The van der Waals surface area contributed by atoms with Crippen LogP contribution < -0.4 is 0 Å². The van der Waals surface area contributed by atoms with E-state index in [1.165, 1.54) is 34.8 Å². The number of oxazole rings is 1. The largest absolute Gasteiger partial charge is 0.506 e. The van der Waals surface area contributed by atoms with Gasteiger partial charge in [0.05, 0.1) is 38.9 Å². The van der Waals surface area contributed by atoms with Crippen LogP contribution >= 0.6 is 35.3 Å². The third kappa shape index (κ3) is 7.53. The van der Waals surface area contributed by atoms with Crippen LogP contribution in [0.1, 0.15) is 18.2 Å². The number of phenolic OH excluding ortho intramolecular Hbond substituents is 1. The fraction of sp³-hybridized carbons (Fsp3) is 0.250. The number of thiophene rings is 1. The van der Waals surface area contributed by atoms with Gasteiger partial charge in [-0.05, 0) is 60.4 Å². The van der Waals surface area contributed by atoms with Crippen molar-refractivity contribution in [2.45, 2.75) is 19.9 Å². The Morgan fingerprint density at radius 1 is 1.20 bits per heavy atom. The molecule has 0 radical (unpaired) electrons. The number of non-ortho nitro benzene ring substituents is 1. The number of aliphatic imine (C=N–C) groups is 2. The van der Waals surface area contributed by atoms with Gasteiger partial charge >= 0.3 is 0 Å². The van der Waals surface area contributed by atoms with Gasteiger partial charge in [-0.1, -0.05) is 17.8 Å². The van der Waals surface area contributed by atoms with Gasteiger partial charge < -0.3 is 14.3 Å². The van der Waals surface area contributed by atoms with Gasteiger partial charge in [-0.3, -0.25) is 15.0 Å². The summed E-state index contributed by atoms with van der Waals surface area (Å²) in [6, 6.07) is 13.6. The van der Waals surface area contributed by atoms with Gasteiger partial charge in [0, 0.05) is 43.1 Å². The lowest BCUT2D eigenvalue weighted by molar-refractivity contribution is -0.384. The maximum atomic E-state index is 10.6. The Balaban J connectivity index is 0.000000175. The predicted molar refractivity (Wildman–Crippen MR) is 166 cm³/mol. The van der Waals surface area contributed by atoms with Crippen molar-refractivity contribution in [2.75, 3.05) is 26.3 Å². The standard InChI is InChI=1S/C17H15N3O2S2.C11H10N2O3S/c23-11-18-12-1-3-15-14(9-12)19-17(22-15)16-4-2-13(24-16)10-20-5-7-21-8-6-20;1-7-2-5-11(17-7)12-9-6-8(13(15)16)3-4-10(9)14/h1-4,9H,5-8,10H2;2-4,6,14H,5H2,1H3/b;12-11-. The molecule has 0 atom stereocenters. The molecule has 1 N–H and O–H groups in total. The molecular weight excluding hydrogens is 583 g/mol. The molecule has 0 unspecified atom stereocenters. The van der Waals surface area contributed by atoms with Crippen LogP contribution in [0.5, 0.6) is 5.75 Å². The summed E-state index contributed by atoms with van der Waals surface area (Å²) in [6.07, 6.45) is 2.73. The summed E-state index contributed by atoms with van der Waals surface area (Å²) in [7, 11) is 0. The number of nitro groups is 1. The number of nitro benzene ring substituents is 1. The summed E-state index contributed by atoms with van der Waals surface area (Å²) in [5.41, 5.74) is 2.42. The summed E-state index contributed by atoms with van der Waals surface area (Å²) >= 11 is 7.87. The SMILES string of the molecule is CC1=CC/C(=N/c2cc([N+](=O)[O-])ccc2O)S1.S=C=Nc1ccc2oc(-c3ccc(CN4CCOCC4)s3)nc2c1. The lowest BCUT2D eigenvalue weighted by Crippen LogP contribution is -2.35. The van der Waals surface area contributed by atoms with Gasteiger partial charge in [-0.2, -0.15) is 4.99 Å². The first-order valence-electron chi connectivity index (χ1n) is 12.6. The van der Waals surface area contributed by atoms with Gasteiger partial charge in [-0.25, -0.2) is 9.98 Å². The van der Waals surface area contributed by atoms with E-state index in [1.807, 2.05) is 31.2 Å². The van der Waals surface area contributed by atoms with E-state index < -0.39 is 4.92 Å². The average Bonchev–Trinajstić information content (AvgIpc) is 3.70. The third-order valence-corrected chi connectivity index (χ3v) is 8.29. The van der Waals surface area contributed by atoms with Crippen molar-refractivity contribution >= 4 is 73.7 Å². The van der Waals surface area contributed by atoms with Crippen LogP contribution in [0.3, 0.4) is 0 Å². The molecule has 1 fully saturated rings. The van der Waals surface area contributed by atoms with Gasteiger partial charge in [0.15, 0.2) is 5.58 Å². The molecule has 0 aliphatic carbocycles. The summed E-state index contributed by atoms with van der Waals surface area (Å²) < 4.78 is 11.3. The van der Waals surface area contributed by atoms with Crippen molar-refractivity contribution in [1.29, 1.82) is 0 Å². The number of phenols is 1. The number of morpholine rings is 1. The van der Waals surface area contributed by atoms with E-state index in [-0.39, 0.29) is 17.1 Å². The maximum absolute atomic E-state index is 10.6. The molecule has 0 amide bonds. The van der Waals surface area contributed by atoms with E-state index in [0.29, 0.717) is 12.3 Å². The molecule has 1 saturated heterocycles. The van der Waals surface area contributed by atoms with Crippen LogP contribution in [0.15, 0.2) is 73.9 Å². The minimum atomic E-state index is -0.506. The molecule has 2 aliphatic rings. The van der Waals surface area contributed by atoms with Crippen molar-refractivity contribution < 1.29 is 19.2 Å². The fourth-order valence-electron chi connectivity index (χ4n) is 4.12. The number of hydrogen-bond donors (Lipinski definition) is 1. The molecule has 6 rings (SSSR count). The highest BCUT2D eigenvalue weighted by atomic mass is 32.2. The zero-order chi connectivity index (χ0) is 28.8. The Hall–Kier alpha value is -3.71. The second-order valence-electron chi connectivity index (χ2n) is 9.09. The Labute approximate surface area is 249 Å². The topological polar surface area (TPSA) is 127 Å². The summed E-state index contributed by atoms with van der Waals surface area (Å²) in [6.45, 7) is 6.52. The monoisotopic (exact) mass is 607 g/mol. The highest BCUT2D eigenvalue weighted by Crippen LogP contribution is 2.35. The summed E-state index contributed by atoms with van der Waals surface area (Å²) in [5, 5.41) is 23.4. The minimum Gasteiger partial charge on any atom is -0.506 e. The number of hydrogen-bond acceptors (Lipinski definition) is 12. The molecule has 4 aromatic rings. The highest BCUT2D eigenvalue weighted by Gasteiger charge is 2.16. The molecule has 4 heterocycles. The Kier molecular flexibility index (Phi) is 9.35. The zero-order valence-corrected chi connectivity index (χ0v) is 24.4. The highest BCUT2D eigenvalue weighted by molar-refractivity contribution is 8.17. The first kappa shape index (κ1) is 28.8. The van der Waals surface area contributed by atoms with Crippen molar-refractivity contribution in [3.8, 4) is 16.5 Å². The van der Waals surface area contributed by atoms with Gasteiger partial charge in [0.1, 0.15) is 17.0 Å². The lowest BCUT2D eigenvalue weighted by atomic mass is 10.2. The molecule has 10 nitrogen and oxygen atoms in total. The summed E-state index contributed by atoms with van der Waals surface area (Å²) in [4.78, 5) is 28.8. The van der Waals surface area contributed by atoms with Crippen LogP contribution in [-0.4, -0.2) is 56.4 Å². The van der Waals surface area contributed by atoms with Crippen molar-refractivity contribution in [2.24, 2.45) is 9.98 Å². The molecule has 2 aromatic carbocycles. The van der Waals surface area contributed by atoms with Gasteiger partial charge in [-0.15, -0.1) is 11.3 Å². The van der Waals surface area contributed by atoms with Crippen LogP contribution in [0, 0.1) is 10.1 Å². The number of thiocarbonyl (C=S) groups is 1. The molecule has 13 heteroatoms. The number of benzene rings is 2. The van der Waals surface area contributed by atoms with E-state index in [4.69, 9.17) is 9.15 Å². The smallest absolute Gasteiger partial charge is 0.271 e. The van der Waals surface area contributed by atoms with E-state index in [1.54, 1.807) is 11.3 Å². The number of rotatable bonds is 6. The van der Waals surface area contributed by atoms with Crippen LogP contribution in [0.25, 0.3) is 21.9 Å². The number of ether oxygens (including phenoxy) is 1. The quantitative estimate of drug-likeness (QED) is 0.103. The minimum absolute atomic E-state index is 0.0479. The second kappa shape index (κ2) is 13.3. The number of isothiocyanates is 1. The summed E-state index contributed by atoms with van der Waals surface area (Å²) in [5.74, 6) is 0.597. The second-order valence-corrected chi connectivity index (χ2v) is 11.8. The number of thioether (sulfide) groups is 1. The van der Waals surface area contributed by atoms with E-state index >= 15 is 0 Å². The zero-order valence-electron chi connectivity index (χ0n) is 22.0. The Morgan fingerprint density at radius 2 is 2.02 bits per heavy atom. The molecule has 2 aliphatic heterocycles. The Bertz CT molecular complexity index is 1680. The van der Waals surface area contributed by atoms with Crippen molar-refractivity contribution in [3.63, 3.8) is 0 Å². The number of aromatic hydroxyl groups is 1.